The van der Waals surface area contributed by atoms with Crippen LogP contribution in [0.1, 0.15) is 11.4 Å². The summed E-state index contributed by atoms with van der Waals surface area (Å²) in [5.41, 5.74) is 2.11. The summed E-state index contributed by atoms with van der Waals surface area (Å²) in [6.07, 6.45) is 1.73. The minimum atomic E-state index is 0.382. The number of benzene rings is 1. The summed E-state index contributed by atoms with van der Waals surface area (Å²) in [5.74, 6) is 1.60. The molecule has 2 heterocycles. The second kappa shape index (κ2) is 5.01. The van der Waals surface area contributed by atoms with Crippen LogP contribution in [-0.4, -0.2) is 14.6 Å². The second-order valence-corrected chi connectivity index (χ2v) is 5.00. The third-order valence-corrected chi connectivity index (χ3v) is 3.37. The van der Waals surface area contributed by atoms with Gasteiger partial charge in [0.05, 0.1) is 5.52 Å². The van der Waals surface area contributed by atoms with Gasteiger partial charge in [0.2, 0.25) is 0 Å². The first-order chi connectivity index (χ1) is 9.24. The topological polar surface area (TPSA) is 39.4 Å². The van der Waals surface area contributed by atoms with Crippen molar-refractivity contribution in [2.75, 3.05) is 0 Å². The Morgan fingerprint density at radius 1 is 1.26 bits per heavy atom. The Balaban J connectivity index is 1.86. The SMILES string of the molecule is Cc1cccc(OCc2nc(Br)c3cccnn23)c1. The van der Waals surface area contributed by atoms with Gasteiger partial charge in [-0.15, -0.1) is 0 Å². The van der Waals surface area contributed by atoms with Crippen molar-refractivity contribution in [3.63, 3.8) is 0 Å². The number of halogens is 1. The molecule has 96 valence electrons. The molecule has 0 aliphatic carbocycles. The van der Waals surface area contributed by atoms with Gasteiger partial charge in [0.15, 0.2) is 5.82 Å². The van der Waals surface area contributed by atoms with Crippen LogP contribution < -0.4 is 4.74 Å². The van der Waals surface area contributed by atoms with Crippen LogP contribution in [0.25, 0.3) is 5.52 Å². The number of hydrogen-bond acceptors (Lipinski definition) is 3. The molecule has 0 atom stereocenters. The molecule has 0 aliphatic heterocycles. The maximum absolute atomic E-state index is 5.75. The van der Waals surface area contributed by atoms with E-state index in [1.54, 1.807) is 10.7 Å². The zero-order valence-corrected chi connectivity index (χ0v) is 12.0. The van der Waals surface area contributed by atoms with Crippen molar-refractivity contribution >= 4 is 21.4 Å². The van der Waals surface area contributed by atoms with E-state index in [0.29, 0.717) is 6.61 Å². The lowest BCUT2D eigenvalue weighted by molar-refractivity contribution is 0.293. The molecule has 3 aromatic rings. The highest BCUT2D eigenvalue weighted by Gasteiger charge is 2.09. The number of nitrogens with zero attached hydrogens (tertiary/aromatic N) is 3. The van der Waals surface area contributed by atoms with Crippen LogP contribution in [0, 0.1) is 6.92 Å². The molecule has 2 aromatic heterocycles. The van der Waals surface area contributed by atoms with Crippen LogP contribution in [0.2, 0.25) is 0 Å². The number of imidazole rings is 1. The van der Waals surface area contributed by atoms with Crippen molar-refractivity contribution in [2.45, 2.75) is 13.5 Å². The Labute approximate surface area is 119 Å². The molecular weight excluding hydrogens is 306 g/mol. The summed E-state index contributed by atoms with van der Waals surface area (Å²) < 4.78 is 8.31. The van der Waals surface area contributed by atoms with Gasteiger partial charge in [-0.2, -0.15) is 5.10 Å². The first kappa shape index (κ1) is 12.2. The predicted octanol–water partition coefficient (Wildman–Crippen LogP) is 3.38. The lowest BCUT2D eigenvalue weighted by Crippen LogP contribution is -2.03. The standard InChI is InChI=1S/C14H12BrN3O/c1-10-4-2-5-11(8-10)19-9-13-17-14(15)12-6-3-7-16-18(12)13/h2-8H,9H2,1H3. The summed E-state index contributed by atoms with van der Waals surface area (Å²) >= 11 is 3.43. The zero-order chi connectivity index (χ0) is 13.2. The van der Waals surface area contributed by atoms with Gasteiger partial charge >= 0.3 is 0 Å². The molecule has 0 unspecified atom stereocenters. The zero-order valence-electron chi connectivity index (χ0n) is 10.4. The Morgan fingerprint density at radius 3 is 3.00 bits per heavy atom. The summed E-state index contributed by atoms with van der Waals surface area (Å²) in [5, 5.41) is 4.28. The highest BCUT2D eigenvalue weighted by Crippen LogP contribution is 2.19. The van der Waals surface area contributed by atoms with E-state index in [0.717, 1.165) is 21.7 Å². The van der Waals surface area contributed by atoms with E-state index >= 15 is 0 Å². The molecule has 1 aromatic carbocycles. The molecule has 0 spiro atoms. The Kier molecular flexibility index (Phi) is 3.21. The monoisotopic (exact) mass is 317 g/mol. The van der Waals surface area contributed by atoms with Gasteiger partial charge in [0.1, 0.15) is 17.0 Å². The predicted molar refractivity (Wildman–Crippen MR) is 76.2 cm³/mol. The molecule has 0 saturated carbocycles. The molecule has 5 heteroatoms. The first-order valence-corrected chi connectivity index (χ1v) is 6.71. The Bertz CT molecular complexity index is 724. The van der Waals surface area contributed by atoms with Crippen molar-refractivity contribution in [1.29, 1.82) is 0 Å². The Hall–Kier alpha value is -1.88. The summed E-state index contributed by atoms with van der Waals surface area (Å²) in [4.78, 5) is 4.42. The molecule has 3 rings (SSSR count). The van der Waals surface area contributed by atoms with E-state index < -0.39 is 0 Å². The average Bonchev–Trinajstić information content (AvgIpc) is 2.74. The maximum atomic E-state index is 5.75. The smallest absolute Gasteiger partial charge is 0.169 e. The maximum Gasteiger partial charge on any atom is 0.169 e. The van der Waals surface area contributed by atoms with Crippen LogP contribution in [-0.2, 0) is 6.61 Å². The van der Waals surface area contributed by atoms with Crippen molar-refractivity contribution in [3.05, 3.63) is 58.6 Å². The minimum Gasteiger partial charge on any atom is -0.486 e. The third kappa shape index (κ3) is 2.46. The van der Waals surface area contributed by atoms with Gasteiger partial charge in [0.25, 0.3) is 0 Å². The van der Waals surface area contributed by atoms with Crippen molar-refractivity contribution in [2.24, 2.45) is 0 Å². The molecular formula is C14H12BrN3O. The number of rotatable bonds is 3. The van der Waals surface area contributed by atoms with Gasteiger partial charge < -0.3 is 4.74 Å². The second-order valence-electron chi connectivity index (χ2n) is 4.24. The summed E-state index contributed by atoms with van der Waals surface area (Å²) in [7, 11) is 0. The van der Waals surface area contributed by atoms with Crippen LogP contribution in [0.15, 0.2) is 47.2 Å². The van der Waals surface area contributed by atoms with E-state index in [-0.39, 0.29) is 0 Å². The summed E-state index contributed by atoms with van der Waals surface area (Å²) in [6.45, 7) is 2.42. The van der Waals surface area contributed by atoms with Crippen LogP contribution in [0.5, 0.6) is 5.75 Å². The van der Waals surface area contributed by atoms with E-state index in [1.807, 2.05) is 43.3 Å². The quantitative estimate of drug-likeness (QED) is 0.743. The highest BCUT2D eigenvalue weighted by atomic mass is 79.9. The van der Waals surface area contributed by atoms with Gasteiger partial charge in [0, 0.05) is 6.20 Å². The fraction of sp³-hybridized carbons (Fsp3) is 0.143. The molecule has 0 N–H and O–H groups in total. The lowest BCUT2D eigenvalue weighted by Gasteiger charge is -2.05. The highest BCUT2D eigenvalue weighted by molar-refractivity contribution is 9.10. The van der Waals surface area contributed by atoms with Gasteiger partial charge in [-0.3, -0.25) is 0 Å². The van der Waals surface area contributed by atoms with E-state index in [4.69, 9.17) is 4.74 Å². The molecule has 0 radical (unpaired) electrons. The third-order valence-electron chi connectivity index (χ3n) is 2.79. The van der Waals surface area contributed by atoms with E-state index in [2.05, 4.69) is 26.0 Å². The molecule has 4 nitrogen and oxygen atoms in total. The molecule has 0 amide bonds. The number of ether oxygens (including phenoxy) is 1. The van der Waals surface area contributed by atoms with Crippen molar-refractivity contribution in [3.8, 4) is 5.75 Å². The van der Waals surface area contributed by atoms with Crippen LogP contribution in [0.4, 0.5) is 0 Å². The first-order valence-electron chi connectivity index (χ1n) is 5.91. The number of aryl methyl sites for hydroxylation is 1. The normalized spacial score (nSPS) is 10.8. The van der Waals surface area contributed by atoms with E-state index in [1.165, 1.54) is 5.56 Å². The largest absolute Gasteiger partial charge is 0.486 e. The van der Waals surface area contributed by atoms with Gasteiger partial charge in [-0.05, 0) is 52.7 Å². The summed E-state index contributed by atoms with van der Waals surface area (Å²) in [6, 6.07) is 11.8. The van der Waals surface area contributed by atoms with Gasteiger partial charge in [-0.1, -0.05) is 12.1 Å². The lowest BCUT2D eigenvalue weighted by atomic mass is 10.2. The van der Waals surface area contributed by atoms with Crippen molar-refractivity contribution in [1.82, 2.24) is 14.6 Å². The molecule has 0 bridgehead atoms. The number of aromatic nitrogens is 3. The minimum absolute atomic E-state index is 0.382. The molecule has 0 saturated heterocycles. The molecule has 0 aliphatic rings. The number of fused-ring (bicyclic) bond motifs is 1. The van der Waals surface area contributed by atoms with Crippen LogP contribution in [0.3, 0.4) is 0 Å². The van der Waals surface area contributed by atoms with Crippen molar-refractivity contribution < 1.29 is 4.74 Å². The molecule has 19 heavy (non-hydrogen) atoms. The van der Waals surface area contributed by atoms with Crippen LogP contribution >= 0.6 is 15.9 Å². The van der Waals surface area contributed by atoms with E-state index in [9.17, 15) is 0 Å². The fourth-order valence-electron chi connectivity index (χ4n) is 1.90. The number of hydrogen-bond donors (Lipinski definition) is 0. The fourth-order valence-corrected chi connectivity index (χ4v) is 2.40. The average molecular weight is 318 g/mol. The van der Waals surface area contributed by atoms with Gasteiger partial charge in [-0.25, -0.2) is 9.50 Å². The molecule has 0 fully saturated rings. The Morgan fingerprint density at radius 2 is 2.16 bits per heavy atom.